The van der Waals surface area contributed by atoms with Crippen molar-refractivity contribution in [2.45, 2.75) is 32.3 Å². The van der Waals surface area contributed by atoms with Gasteiger partial charge in [0, 0.05) is 31.3 Å². The fraction of sp³-hybridized carbons (Fsp3) is 0.240. The minimum absolute atomic E-state index is 0.0573. The molecule has 5 rings (SSSR count). The van der Waals surface area contributed by atoms with E-state index in [1.807, 2.05) is 18.2 Å². The van der Waals surface area contributed by atoms with E-state index in [4.69, 9.17) is 4.74 Å². The number of Topliss-reactive ketones (excluding diaryl/α,β-unsaturated/α-hetero) is 1. The van der Waals surface area contributed by atoms with Crippen LogP contribution in [0.2, 0.25) is 0 Å². The molecule has 1 aliphatic carbocycles. The van der Waals surface area contributed by atoms with Gasteiger partial charge in [0.1, 0.15) is 11.5 Å². The largest absolute Gasteiger partial charge is 0.453 e. The van der Waals surface area contributed by atoms with Gasteiger partial charge in [-0.3, -0.25) is 14.8 Å². The second kappa shape index (κ2) is 8.76. The van der Waals surface area contributed by atoms with Crippen LogP contribution < -0.4 is 4.74 Å². The van der Waals surface area contributed by atoms with Gasteiger partial charge in [0.25, 0.3) is 0 Å². The Morgan fingerprint density at radius 3 is 2.66 bits per heavy atom. The Morgan fingerprint density at radius 2 is 1.94 bits per heavy atom. The Bertz CT molecular complexity index is 1280. The maximum Gasteiger partial charge on any atom is 0.166 e. The molecule has 3 heterocycles. The van der Waals surface area contributed by atoms with Gasteiger partial charge in [-0.2, -0.15) is 0 Å². The van der Waals surface area contributed by atoms with Crippen molar-refractivity contribution >= 4 is 27.3 Å². The number of fused-ring (bicyclic) bond motifs is 1. The summed E-state index contributed by atoms with van der Waals surface area (Å²) in [5.74, 6) is 0.807. The number of carbonyl (C=O) groups is 1. The van der Waals surface area contributed by atoms with Gasteiger partial charge in [0.05, 0.1) is 27.4 Å². The Kier molecular flexibility index (Phi) is 5.68. The summed E-state index contributed by atoms with van der Waals surface area (Å²) in [5, 5.41) is 9.20. The first-order chi connectivity index (χ1) is 15.6. The second-order valence-electron chi connectivity index (χ2n) is 8.07. The lowest BCUT2D eigenvalue weighted by Gasteiger charge is -2.09. The van der Waals surface area contributed by atoms with Gasteiger partial charge in [-0.15, -0.1) is 11.3 Å². The highest BCUT2D eigenvalue weighted by molar-refractivity contribution is 7.22. The van der Waals surface area contributed by atoms with Crippen molar-refractivity contribution in [1.82, 2.24) is 9.97 Å². The molecule has 5 nitrogen and oxygen atoms in total. The number of thiophene rings is 1. The van der Waals surface area contributed by atoms with E-state index in [1.165, 1.54) is 17.4 Å². The van der Waals surface area contributed by atoms with Crippen LogP contribution in [0, 0.1) is 11.7 Å². The fourth-order valence-electron chi connectivity index (χ4n) is 3.58. The number of pyridine rings is 2. The fourth-order valence-corrected chi connectivity index (χ4v) is 4.63. The Labute approximate surface area is 188 Å². The summed E-state index contributed by atoms with van der Waals surface area (Å²) in [4.78, 5) is 21.8. The summed E-state index contributed by atoms with van der Waals surface area (Å²) in [5.41, 5.74) is 2.90. The number of nitrogens with zero attached hydrogens (tertiary/aromatic N) is 2. The van der Waals surface area contributed by atoms with Crippen LogP contribution in [0.5, 0.6) is 11.5 Å². The molecule has 1 aromatic carbocycles. The summed E-state index contributed by atoms with van der Waals surface area (Å²) in [6.07, 6.45) is 6.36. The van der Waals surface area contributed by atoms with Crippen LogP contribution in [0.3, 0.4) is 0 Å². The summed E-state index contributed by atoms with van der Waals surface area (Å²) >= 11 is 1.46. The van der Waals surface area contributed by atoms with E-state index < -0.39 is 5.82 Å². The van der Waals surface area contributed by atoms with Crippen LogP contribution in [0.15, 0.2) is 54.9 Å². The molecule has 1 aliphatic rings. The molecule has 0 atom stereocenters. The highest BCUT2D eigenvalue weighted by Gasteiger charge is 2.24. The maximum atomic E-state index is 14.7. The van der Waals surface area contributed by atoms with Crippen LogP contribution in [-0.4, -0.2) is 20.9 Å². The minimum atomic E-state index is -0.496. The summed E-state index contributed by atoms with van der Waals surface area (Å²) < 4.78 is 21.4. The Hall–Kier alpha value is -3.16. The van der Waals surface area contributed by atoms with E-state index in [0.29, 0.717) is 23.7 Å². The van der Waals surface area contributed by atoms with Crippen molar-refractivity contribution in [2.75, 3.05) is 0 Å². The highest BCUT2D eigenvalue weighted by atomic mass is 32.1. The molecule has 162 valence electrons. The molecular formula is C25H21FN2O3S. The summed E-state index contributed by atoms with van der Waals surface area (Å²) in [6.45, 7) is -0.0573. The number of benzene rings is 1. The van der Waals surface area contributed by atoms with Crippen molar-refractivity contribution < 1.29 is 19.0 Å². The lowest BCUT2D eigenvalue weighted by atomic mass is 10.0. The monoisotopic (exact) mass is 448 g/mol. The lowest BCUT2D eigenvalue weighted by Crippen LogP contribution is -2.04. The van der Waals surface area contributed by atoms with Crippen LogP contribution in [0.1, 0.15) is 30.4 Å². The van der Waals surface area contributed by atoms with E-state index in [9.17, 15) is 14.3 Å². The summed E-state index contributed by atoms with van der Waals surface area (Å²) in [6, 6.07) is 12.0. The van der Waals surface area contributed by atoms with Crippen molar-refractivity contribution in [3.8, 4) is 22.1 Å². The third kappa shape index (κ3) is 4.54. The zero-order valence-corrected chi connectivity index (χ0v) is 18.1. The number of rotatable bonds is 8. The standard InChI is InChI=1S/C25H21FN2O3S/c26-19-11-16(10-18(30)9-15-1-2-15)4-6-22(19)31-23-7-8-27-21-12-24(32-25(21)23)20-5-3-17(14-29)13-28-20/h3-8,11-13,15,29H,1-2,9-10,14H2. The van der Waals surface area contributed by atoms with Crippen molar-refractivity contribution in [2.24, 2.45) is 5.92 Å². The SMILES string of the molecule is O=C(Cc1ccc(Oc2ccnc3cc(-c4ccc(CO)cn4)sc23)c(F)c1)CC1CC1. The zero-order chi connectivity index (χ0) is 22.1. The lowest BCUT2D eigenvalue weighted by molar-refractivity contribution is -0.118. The second-order valence-corrected chi connectivity index (χ2v) is 9.13. The molecule has 3 aromatic heterocycles. The number of aliphatic hydroxyl groups excluding tert-OH is 1. The van der Waals surface area contributed by atoms with Crippen molar-refractivity contribution in [1.29, 1.82) is 0 Å². The van der Waals surface area contributed by atoms with Gasteiger partial charge in [0.15, 0.2) is 11.6 Å². The number of halogens is 1. The molecule has 0 amide bonds. The van der Waals surface area contributed by atoms with Crippen LogP contribution in [0.4, 0.5) is 4.39 Å². The van der Waals surface area contributed by atoms with Crippen LogP contribution >= 0.6 is 11.3 Å². The van der Waals surface area contributed by atoms with Crippen molar-refractivity contribution in [3.05, 3.63) is 71.8 Å². The van der Waals surface area contributed by atoms with Gasteiger partial charge in [0.2, 0.25) is 0 Å². The van der Waals surface area contributed by atoms with Gasteiger partial charge in [-0.25, -0.2) is 4.39 Å². The number of carbonyl (C=O) groups excluding carboxylic acids is 1. The Morgan fingerprint density at radius 1 is 1.09 bits per heavy atom. The zero-order valence-electron chi connectivity index (χ0n) is 17.3. The highest BCUT2D eigenvalue weighted by Crippen LogP contribution is 2.39. The smallest absolute Gasteiger partial charge is 0.166 e. The number of aromatic nitrogens is 2. The third-order valence-electron chi connectivity index (χ3n) is 5.47. The third-order valence-corrected chi connectivity index (χ3v) is 6.63. The molecule has 1 saturated carbocycles. The van der Waals surface area contributed by atoms with Crippen molar-refractivity contribution in [3.63, 3.8) is 0 Å². The molecule has 0 aliphatic heterocycles. The predicted molar refractivity (Wildman–Crippen MR) is 121 cm³/mol. The van der Waals surface area contributed by atoms with E-state index >= 15 is 0 Å². The number of hydrogen-bond acceptors (Lipinski definition) is 6. The molecule has 4 aromatic rings. The number of ketones is 1. The molecule has 32 heavy (non-hydrogen) atoms. The van der Waals surface area contributed by atoms with E-state index in [2.05, 4.69) is 9.97 Å². The van der Waals surface area contributed by atoms with E-state index in [0.717, 1.165) is 39.2 Å². The summed E-state index contributed by atoms with van der Waals surface area (Å²) in [7, 11) is 0. The molecule has 0 saturated heterocycles. The van der Waals surface area contributed by atoms with E-state index in [-0.39, 0.29) is 24.6 Å². The topological polar surface area (TPSA) is 72.3 Å². The number of aliphatic hydroxyl groups is 1. The minimum Gasteiger partial charge on any atom is -0.453 e. The average molecular weight is 449 g/mol. The van der Waals surface area contributed by atoms with Gasteiger partial charge in [-0.05, 0) is 54.2 Å². The number of hydrogen-bond donors (Lipinski definition) is 1. The first-order valence-electron chi connectivity index (χ1n) is 10.5. The van der Waals surface area contributed by atoms with Crippen LogP contribution in [0.25, 0.3) is 20.8 Å². The first kappa shape index (κ1) is 20.7. The molecule has 1 fully saturated rings. The molecule has 0 radical (unpaired) electrons. The van der Waals surface area contributed by atoms with Crippen LogP contribution in [-0.2, 0) is 17.8 Å². The Balaban J connectivity index is 1.37. The van der Waals surface area contributed by atoms with Gasteiger partial charge in [-0.1, -0.05) is 12.1 Å². The van der Waals surface area contributed by atoms with E-state index in [1.54, 1.807) is 30.6 Å². The average Bonchev–Trinajstić information content (AvgIpc) is 3.49. The maximum absolute atomic E-state index is 14.7. The molecule has 7 heteroatoms. The molecule has 0 spiro atoms. The quantitative estimate of drug-likeness (QED) is 0.375. The first-order valence-corrected chi connectivity index (χ1v) is 11.3. The predicted octanol–water partition coefficient (Wildman–Crippen LogP) is 5.69. The number of ether oxygens (including phenoxy) is 1. The van der Waals surface area contributed by atoms with Gasteiger partial charge >= 0.3 is 0 Å². The normalized spacial score (nSPS) is 13.4. The van der Waals surface area contributed by atoms with Gasteiger partial charge < -0.3 is 9.84 Å². The molecule has 0 bridgehead atoms. The molecule has 0 unspecified atom stereocenters. The molecular weight excluding hydrogens is 427 g/mol. The molecule has 1 N–H and O–H groups in total.